The lowest BCUT2D eigenvalue weighted by Crippen LogP contribution is -2.48. The maximum Gasteiger partial charge on any atom is 0.144 e. The van der Waals surface area contributed by atoms with Gasteiger partial charge in [0.2, 0.25) is 0 Å². The van der Waals surface area contributed by atoms with Crippen LogP contribution in [0.2, 0.25) is 0 Å². The van der Waals surface area contributed by atoms with Crippen molar-refractivity contribution in [3.63, 3.8) is 0 Å². The smallest absolute Gasteiger partial charge is 0.144 e. The van der Waals surface area contributed by atoms with Gasteiger partial charge in [0.05, 0.1) is 11.8 Å². The number of benzene rings is 2. The van der Waals surface area contributed by atoms with Gasteiger partial charge in [-0.2, -0.15) is 0 Å². The third kappa shape index (κ3) is 5.48. The molecule has 0 aromatic heterocycles. The van der Waals surface area contributed by atoms with Gasteiger partial charge in [0.1, 0.15) is 41.3 Å². The number of halogens is 1. The number of carbonyl (C=O) groups excluding carboxylic acids is 4. The van der Waals surface area contributed by atoms with Crippen molar-refractivity contribution in [3.05, 3.63) is 65.5 Å². The molecule has 0 radical (unpaired) electrons. The lowest BCUT2D eigenvalue weighted by molar-refractivity contribution is -0.145. The molecule has 4 rings (SSSR count). The standard InChI is InChI=1S/C30H33FO5/c1-29(2)13-22(32)27(23(33)14-29)26(28-24(34)15-30(3,4)16-25(28)35)18-9-11-20(12-10-18)36-17-19-7-5-6-8-21(19)31/h5-12,26-28H,13-17H2,1-4H3. The molecule has 2 aliphatic rings. The van der Waals surface area contributed by atoms with Crippen molar-refractivity contribution in [3.8, 4) is 5.75 Å². The van der Waals surface area contributed by atoms with Crippen LogP contribution in [0.3, 0.4) is 0 Å². The summed E-state index contributed by atoms with van der Waals surface area (Å²) in [5.74, 6) is -3.63. The topological polar surface area (TPSA) is 77.5 Å². The fourth-order valence-electron chi connectivity index (χ4n) is 5.75. The van der Waals surface area contributed by atoms with Crippen molar-refractivity contribution in [2.75, 3.05) is 0 Å². The van der Waals surface area contributed by atoms with E-state index in [4.69, 9.17) is 4.74 Å². The summed E-state index contributed by atoms with van der Waals surface area (Å²) in [7, 11) is 0. The van der Waals surface area contributed by atoms with Crippen LogP contribution in [0.5, 0.6) is 5.75 Å². The molecule has 0 spiro atoms. The first kappa shape index (κ1) is 25.9. The Labute approximate surface area is 211 Å². The Morgan fingerprint density at radius 3 is 1.64 bits per heavy atom. The number of carbonyl (C=O) groups is 4. The highest BCUT2D eigenvalue weighted by Crippen LogP contribution is 2.47. The Hall–Kier alpha value is -3.15. The molecule has 0 saturated heterocycles. The number of rotatable bonds is 6. The molecule has 0 bridgehead atoms. The Morgan fingerprint density at radius 1 is 0.750 bits per heavy atom. The second-order valence-electron chi connectivity index (χ2n) is 11.8. The van der Waals surface area contributed by atoms with E-state index in [1.807, 2.05) is 27.7 Å². The third-order valence-electron chi connectivity index (χ3n) is 7.33. The molecular weight excluding hydrogens is 459 g/mol. The molecule has 0 atom stereocenters. The molecule has 0 aliphatic heterocycles. The normalized spacial score (nSPS) is 20.7. The van der Waals surface area contributed by atoms with Crippen molar-refractivity contribution in [2.45, 2.75) is 65.9 Å². The number of ether oxygens (including phenoxy) is 1. The van der Waals surface area contributed by atoms with Gasteiger partial charge in [-0.05, 0) is 34.6 Å². The average molecular weight is 493 g/mol. The minimum absolute atomic E-state index is 0.0405. The van der Waals surface area contributed by atoms with Gasteiger partial charge in [-0.25, -0.2) is 4.39 Å². The van der Waals surface area contributed by atoms with E-state index < -0.39 is 28.6 Å². The Bertz CT molecular complexity index is 1110. The number of hydrogen-bond donors (Lipinski definition) is 0. The van der Waals surface area contributed by atoms with Crippen molar-refractivity contribution in [2.24, 2.45) is 22.7 Å². The van der Waals surface area contributed by atoms with Gasteiger partial charge in [-0.3, -0.25) is 19.2 Å². The van der Waals surface area contributed by atoms with Crippen LogP contribution < -0.4 is 4.74 Å². The Morgan fingerprint density at radius 2 is 1.19 bits per heavy atom. The SMILES string of the molecule is CC1(C)CC(=O)C(C(c2ccc(OCc3ccccc3F)cc2)C2C(=O)CC(C)(C)CC2=O)C(=O)C1. The first-order valence-corrected chi connectivity index (χ1v) is 12.4. The van der Waals surface area contributed by atoms with Gasteiger partial charge >= 0.3 is 0 Å². The van der Waals surface area contributed by atoms with E-state index >= 15 is 0 Å². The highest BCUT2D eigenvalue weighted by atomic mass is 19.1. The Kier molecular flexibility index (Phi) is 7.00. The lowest BCUT2D eigenvalue weighted by atomic mass is 9.59. The van der Waals surface area contributed by atoms with Gasteiger partial charge in [0.15, 0.2) is 0 Å². The van der Waals surface area contributed by atoms with Crippen LogP contribution in [0.1, 0.15) is 70.4 Å². The quantitative estimate of drug-likeness (QED) is 0.488. The number of hydrogen-bond acceptors (Lipinski definition) is 5. The first-order chi connectivity index (χ1) is 16.9. The monoisotopic (exact) mass is 492 g/mol. The summed E-state index contributed by atoms with van der Waals surface area (Å²) in [6, 6.07) is 13.1. The van der Waals surface area contributed by atoms with Crippen molar-refractivity contribution in [1.29, 1.82) is 0 Å². The molecule has 2 saturated carbocycles. The third-order valence-corrected chi connectivity index (χ3v) is 7.33. The van der Waals surface area contributed by atoms with E-state index in [1.54, 1.807) is 42.5 Å². The molecule has 2 aromatic carbocycles. The van der Waals surface area contributed by atoms with Gasteiger partial charge in [0, 0.05) is 37.2 Å². The summed E-state index contributed by atoms with van der Waals surface area (Å²) in [6.45, 7) is 7.58. The van der Waals surface area contributed by atoms with E-state index in [9.17, 15) is 23.6 Å². The van der Waals surface area contributed by atoms with Gasteiger partial charge < -0.3 is 4.74 Å². The summed E-state index contributed by atoms with van der Waals surface area (Å²) >= 11 is 0. The van der Waals surface area contributed by atoms with E-state index in [-0.39, 0.29) is 61.2 Å². The second kappa shape index (κ2) is 9.72. The van der Waals surface area contributed by atoms with Crippen molar-refractivity contribution < 1.29 is 28.3 Å². The maximum atomic E-state index is 13.9. The molecule has 0 unspecified atom stereocenters. The first-order valence-electron chi connectivity index (χ1n) is 12.4. The summed E-state index contributed by atoms with van der Waals surface area (Å²) in [5, 5.41) is 0. The number of ketones is 4. The molecule has 0 N–H and O–H groups in total. The van der Waals surface area contributed by atoms with Crippen molar-refractivity contribution >= 4 is 23.1 Å². The molecule has 0 heterocycles. The zero-order valence-corrected chi connectivity index (χ0v) is 21.3. The van der Waals surface area contributed by atoms with Crippen molar-refractivity contribution in [1.82, 2.24) is 0 Å². The van der Waals surface area contributed by atoms with Crippen LogP contribution in [0.25, 0.3) is 0 Å². The molecular formula is C30H33FO5. The predicted molar refractivity (Wildman–Crippen MR) is 133 cm³/mol. The van der Waals surface area contributed by atoms with Crippen LogP contribution in [0.15, 0.2) is 48.5 Å². The van der Waals surface area contributed by atoms with Gasteiger partial charge in [0.25, 0.3) is 0 Å². The fraction of sp³-hybridized carbons (Fsp3) is 0.467. The summed E-state index contributed by atoms with van der Waals surface area (Å²) in [4.78, 5) is 53.1. The van der Waals surface area contributed by atoms with Crippen LogP contribution >= 0.6 is 0 Å². The maximum absolute atomic E-state index is 13.9. The fourth-order valence-corrected chi connectivity index (χ4v) is 5.75. The highest BCUT2D eigenvalue weighted by Gasteiger charge is 2.52. The van der Waals surface area contributed by atoms with Crippen LogP contribution in [0.4, 0.5) is 4.39 Å². The van der Waals surface area contributed by atoms with E-state index in [2.05, 4.69) is 0 Å². The summed E-state index contributed by atoms with van der Waals surface area (Å²) in [5.41, 5.74) is 0.122. The molecule has 36 heavy (non-hydrogen) atoms. The lowest BCUT2D eigenvalue weighted by Gasteiger charge is -2.41. The van der Waals surface area contributed by atoms with E-state index in [1.165, 1.54) is 6.07 Å². The molecule has 2 fully saturated rings. The van der Waals surface area contributed by atoms with E-state index in [0.717, 1.165) is 0 Å². The van der Waals surface area contributed by atoms with Crippen LogP contribution in [0, 0.1) is 28.5 Å². The Balaban J connectivity index is 1.65. The zero-order chi connectivity index (χ0) is 26.3. The molecule has 6 heteroatoms. The zero-order valence-electron chi connectivity index (χ0n) is 21.3. The average Bonchev–Trinajstić information content (AvgIpc) is 2.75. The summed E-state index contributed by atoms with van der Waals surface area (Å²) < 4.78 is 19.7. The van der Waals surface area contributed by atoms with E-state index in [0.29, 0.717) is 16.9 Å². The second-order valence-corrected chi connectivity index (χ2v) is 11.8. The van der Waals surface area contributed by atoms with Crippen LogP contribution in [-0.2, 0) is 25.8 Å². The van der Waals surface area contributed by atoms with Crippen LogP contribution in [-0.4, -0.2) is 23.1 Å². The van der Waals surface area contributed by atoms with Gasteiger partial charge in [-0.15, -0.1) is 0 Å². The highest BCUT2D eigenvalue weighted by molar-refractivity contribution is 6.11. The molecule has 2 aromatic rings. The number of Topliss-reactive ketones (excluding diaryl/α,β-unsaturated/α-hetero) is 4. The predicted octanol–water partition coefficient (Wildman–Crippen LogP) is 5.64. The molecule has 5 nitrogen and oxygen atoms in total. The minimum Gasteiger partial charge on any atom is -0.489 e. The molecule has 190 valence electrons. The largest absolute Gasteiger partial charge is 0.489 e. The molecule has 0 amide bonds. The summed E-state index contributed by atoms with van der Waals surface area (Å²) in [6.07, 6.45) is 0.906. The minimum atomic E-state index is -1.03. The molecule has 2 aliphatic carbocycles. The van der Waals surface area contributed by atoms with Gasteiger partial charge in [-0.1, -0.05) is 58.0 Å².